The van der Waals surface area contributed by atoms with Crippen molar-refractivity contribution in [2.45, 2.75) is 45.6 Å². The Morgan fingerprint density at radius 1 is 1.14 bits per heavy atom. The van der Waals surface area contributed by atoms with Crippen LogP contribution in [0.2, 0.25) is 0 Å². The first-order valence-corrected chi connectivity index (χ1v) is 13.7. The van der Waals surface area contributed by atoms with Crippen LogP contribution in [0, 0.1) is 0 Å². The van der Waals surface area contributed by atoms with E-state index < -0.39 is 0 Å². The summed E-state index contributed by atoms with van der Waals surface area (Å²) in [5.74, 6) is 0.497. The Hall–Kier alpha value is -2.77. The van der Waals surface area contributed by atoms with Crippen LogP contribution in [-0.4, -0.2) is 61.4 Å². The Balaban J connectivity index is 1.38. The summed E-state index contributed by atoms with van der Waals surface area (Å²) < 4.78 is 5.45. The van der Waals surface area contributed by atoms with Gasteiger partial charge < -0.3 is 14.5 Å². The van der Waals surface area contributed by atoms with E-state index in [-0.39, 0.29) is 11.4 Å². The Morgan fingerprint density at radius 2 is 1.86 bits per heavy atom. The number of hydrogen-bond donors (Lipinski definition) is 0. The largest absolute Gasteiger partial charge is 0.378 e. The van der Waals surface area contributed by atoms with Gasteiger partial charge in [0.25, 0.3) is 5.91 Å². The number of fused-ring (bicyclic) bond motifs is 1. The zero-order chi connectivity index (χ0) is 25.4. The van der Waals surface area contributed by atoms with Crippen molar-refractivity contribution in [2.24, 2.45) is 4.99 Å². The summed E-state index contributed by atoms with van der Waals surface area (Å²) >= 11 is 1.46. The van der Waals surface area contributed by atoms with Crippen LogP contribution in [0.5, 0.6) is 0 Å². The first-order chi connectivity index (χ1) is 17.3. The molecule has 0 aromatic heterocycles. The highest BCUT2D eigenvalue weighted by Gasteiger charge is 2.35. The lowest BCUT2D eigenvalue weighted by Gasteiger charge is -2.45. The number of hydrogen-bond acceptors (Lipinski definition) is 6. The standard InChI is InChI=1S/C29H36N4O2S/c1-6-33-27(34)26(18-21-7-12-25-24(17-21)20(2)19-29(3,4)31(25)5)36-28(33)30-22-8-10-23(11-9-22)32-13-15-35-16-14-32/h7-12,17-18,20H,6,13-16,19H2,1-5H3/b26-18-,30-28?/t20-/m1/s1. The molecule has 2 aromatic rings. The highest BCUT2D eigenvalue weighted by molar-refractivity contribution is 8.18. The first kappa shape index (κ1) is 24.9. The first-order valence-electron chi connectivity index (χ1n) is 12.9. The summed E-state index contributed by atoms with van der Waals surface area (Å²) in [6.07, 6.45) is 3.13. The Kier molecular flexibility index (Phi) is 6.88. The highest BCUT2D eigenvalue weighted by atomic mass is 32.2. The van der Waals surface area contributed by atoms with Crippen molar-refractivity contribution in [3.8, 4) is 0 Å². The molecule has 0 bridgehead atoms. The molecule has 190 valence electrons. The third-order valence-electron chi connectivity index (χ3n) is 7.61. The summed E-state index contributed by atoms with van der Waals surface area (Å²) in [6, 6.07) is 14.8. The molecule has 0 unspecified atom stereocenters. The minimum absolute atomic E-state index is 0.0233. The number of amides is 1. The van der Waals surface area contributed by atoms with E-state index in [4.69, 9.17) is 9.73 Å². The molecule has 0 N–H and O–H groups in total. The topological polar surface area (TPSA) is 48.4 Å². The number of thioether (sulfide) groups is 1. The molecule has 0 saturated carbocycles. The number of likely N-dealkylation sites (N-methyl/N-ethyl adjacent to an activating group) is 1. The highest BCUT2D eigenvalue weighted by Crippen LogP contribution is 2.43. The molecule has 3 aliphatic rings. The van der Waals surface area contributed by atoms with Gasteiger partial charge in [0, 0.05) is 43.6 Å². The molecule has 0 radical (unpaired) electrons. The van der Waals surface area contributed by atoms with Crippen molar-refractivity contribution in [3.05, 3.63) is 58.5 Å². The molecule has 36 heavy (non-hydrogen) atoms. The van der Waals surface area contributed by atoms with Gasteiger partial charge in [-0.05, 0) is 98.5 Å². The van der Waals surface area contributed by atoms with Crippen LogP contribution in [0.3, 0.4) is 0 Å². The van der Waals surface area contributed by atoms with E-state index >= 15 is 0 Å². The van der Waals surface area contributed by atoms with E-state index in [2.05, 4.69) is 68.0 Å². The average Bonchev–Trinajstić information content (AvgIpc) is 3.16. The van der Waals surface area contributed by atoms with Crippen LogP contribution in [-0.2, 0) is 9.53 Å². The molecule has 7 heteroatoms. The Morgan fingerprint density at radius 3 is 2.56 bits per heavy atom. The number of carbonyl (C=O) groups excluding carboxylic acids is 1. The number of ether oxygens (including phenoxy) is 1. The van der Waals surface area contributed by atoms with Crippen molar-refractivity contribution in [1.82, 2.24) is 4.90 Å². The van der Waals surface area contributed by atoms with Gasteiger partial charge in [-0.1, -0.05) is 13.0 Å². The van der Waals surface area contributed by atoms with Crippen molar-refractivity contribution < 1.29 is 9.53 Å². The normalized spacial score (nSPS) is 24.1. The second-order valence-corrected chi connectivity index (χ2v) is 11.5. The maximum atomic E-state index is 13.2. The van der Waals surface area contributed by atoms with Gasteiger partial charge in [0.1, 0.15) is 0 Å². The predicted octanol–water partition coefficient (Wildman–Crippen LogP) is 5.87. The summed E-state index contributed by atoms with van der Waals surface area (Å²) in [6.45, 7) is 12.8. The summed E-state index contributed by atoms with van der Waals surface area (Å²) in [4.78, 5) is 25.3. The lowest BCUT2D eigenvalue weighted by atomic mass is 9.80. The number of amidine groups is 1. The number of rotatable bonds is 4. The van der Waals surface area contributed by atoms with Crippen LogP contribution in [0.15, 0.2) is 52.4 Å². The molecule has 0 aliphatic carbocycles. The molecular formula is C29H36N4O2S. The fourth-order valence-corrected chi connectivity index (χ4v) is 6.44. The van der Waals surface area contributed by atoms with Gasteiger partial charge in [-0.3, -0.25) is 9.69 Å². The van der Waals surface area contributed by atoms with E-state index in [9.17, 15) is 4.79 Å². The lowest BCUT2D eigenvalue weighted by molar-refractivity contribution is -0.122. The molecule has 2 aromatic carbocycles. The number of morpholine rings is 1. The van der Waals surface area contributed by atoms with Gasteiger partial charge in [0.15, 0.2) is 5.17 Å². The molecule has 1 atom stereocenters. The number of benzene rings is 2. The van der Waals surface area contributed by atoms with Gasteiger partial charge in [0.2, 0.25) is 0 Å². The second kappa shape index (κ2) is 9.94. The van der Waals surface area contributed by atoms with E-state index in [1.807, 2.05) is 25.1 Å². The maximum Gasteiger partial charge on any atom is 0.266 e. The summed E-state index contributed by atoms with van der Waals surface area (Å²) in [5.41, 5.74) is 5.87. The lowest BCUT2D eigenvalue weighted by Crippen LogP contribution is -2.45. The summed E-state index contributed by atoms with van der Waals surface area (Å²) in [5, 5.41) is 0.737. The van der Waals surface area contributed by atoms with Gasteiger partial charge in [-0.15, -0.1) is 0 Å². The Bertz CT molecular complexity index is 1200. The SMILES string of the molecule is CCN1C(=O)/C(=C/c2ccc3c(c2)[C@H](C)CC(C)(C)N3C)SC1=Nc1ccc(N2CCOCC2)cc1. The second-order valence-electron chi connectivity index (χ2n) is 10.5. The van der Waals surface area contributed by atoms with Gasteiger partial charge in [-0.25, -0.2) is 4.99 Å². The molecule has 3 aliphatic heterocycles. The monoisotopic (exact) mass is 504 g/mol. The smallest absolute Gasteiger partial charge is 0.266 e. The average molecular weight is 505 g/mol. The third-order valence-corrected chi connectivity index (χ3v) is 8.62. The fraction of sp³-hybridized carbons (Fsp3) is 0.448. The van der Waals surface area contributed by atoms with E-state index in [1.165, 1.54) is 28.7 Å². The van der Waals surface area contributed by atoms with E-state index in [1.54, 1.807) is 4.90 Å². The van der Waals surface area contributed by atoms with Crippen molar-refractivity contribution >= 4 is 46.0 Å². The van der Waals surface area contributed by atoms with Gasteiger partial charge >= 0.3 is 0 Å². The fourth-order valence-electron chi connectivity index (χ4n) is 5.38. The van der Waals surface area contributed by atoms with Gasteiger partial charge in [-0.2, -0.15) is 0 Å². The van der Waals surface area contributed by atoms with E-state index in [0.717, 1.165) is 54.0 Å². The van der Waals surface area contributed by atoms with Crippen LogP contribution in [0.1, 0.15) is 51.2 Å². The third kappa shape index (κ3) is 4.78. The van der Waals surface area contributed by atoms with E-state index in [0.29, 0.717) is 12.5 Å². The predicted molar refractivity (Wildman–Crippen MR) is 151 cm³/mol. The van der Waals surface area contributed by atoms with Crippen LogP contribution >= 0.6 is 11.8 Å². The zero-order valence-corrected chi connectivity index (χ0v) is 22.8. The van der Waals surface area contributed by atoms with Crippen LogP contribution in [0.4, 0.5) is 17.1 Å². The minimum atomic E-state index is 0.0233. The zero-order valence-electron chi connectivity index (χ0n) is 22.0. The molecule has 3 heterocycles. The quantitative estimate of drug-likeness (QED) is 0.488. The van der Waals surface area contributed by atoms with Crippen molar-refractivity contribution in [3.63, 3.8) is 0 Å². The van der Waals surface area contributed by atoms with Crippen LogP contribution < -0.4 is 9.80 Å². The van der Waals surface area contributed by atoms with Gasteiger partial charge in [0.05, 0.1) is 23.8 Å². The minimum Gasteiger partial charge on any atom is -0.378 e. The summed E-state index contributed by atoms with van der Waals surface area (Å²) in [7, 11) is 2.18. The molecular weight excluding hydrogens is 468 g/mol. The number of nitrogens with zero attached hydrogens (tertiary/aromatic N) is 4. The molecule has 2 fully saturated rings. The molecule has 2 saturated heterocycles. The van der Waals surface area contributed by atoms with Crippen molar-refractivity contribution in [2.75, 3.05) is 49.7 Å². The molecule has 1 amide bonds. The maximum absolute atomic E-state index is 13.2. The number of aliphatic imine (C=N–C) groups is 1. The number of carbonyl (C=O) groups is 1. The molecule has 0 spiro atoms. The van der Waals surface area contributed by atoms with Crippen LogP contribution in [0.25, 0.3) is 6.08 Å². The molecule has 6 nitrogen and oxygen atoms in total. The number of anilines is 2. The molecule has 5 rings (SSSR count). The van der Waals surface area contributed by atoms with Crippen molar-refractivity contribution in [1.29, 1.82) is 0 Å². The Labute approximate surface area is 219 Å².